The highest BCUT2D eigenvalue weighted by atomic mass is 19.4. The Labute approximate surface area is 137 Å². The SMILES string of the molecule is CCOC(=O)[C@@H]1[C@H](C(F)(F)F)[C@H](C(=O)OC)N[C@@H]1c1ccccc1. The summed E-state index contributed by atoms with van der Waals surface area (Å²) in [7, 11) is 1.01. The van der Waals surface area contributed by atoms with Crippen LogP contribution in [0.2, 0.25) is 0 Å². The molecule has 1 aromatic carbocycles. The van der Waals surface area contributed by atoms with E-state index in [-0.39, 0.29) is 6.61 Å². The number of esters is 2. The normalized spacial score (nSPS) is 26.9. The summed E-state index contributed by atoms with van der Waals surface area (Å²) in [6, 6.07) is 5.52. The molecule has 4 atom stereocenters. The Morgan fingerprint density at radius 3 is 2.29 bits per heavy atom. The van der Waals surface area contributed by atoms with Gasteiger partial charge in [-0.05, 0) is 12.5 Å². The van der Waals surface area contributed by atoms with Crippen molar-refractivity contribution in [1.29, 1.82) is 0 Å². The molecule has 0 amide bonds. The molecule has 1 heterocycles. The lowest BCUT2D eigenvalue weighted by Gasteiger charge is -2.25. The predicted octanol–water partition coefficient (Wildman–Crippen LogP) is 2.23. The van der Waals surface area contributed by atoms with Gasteiger partial charge in [0.15, 0.2) is 0 Å². The third-order valence-electron chi connectivity index (χ3n) is 4.01. The molecule has 1 N–H and O–H groups in total. The highest BCUT2D eigenvalue weighted by molar-refractivity contribution is 5.81. The van der Waals surface area contributed by atoms with Gasteiger partial charge in [-0.25, -0.2) is 0 Å². The van der Waals surface area contributed by atoms with Crippen LogP contribution in [-0.2, 0) is 19.1 Å². The first-order chi connectivity index (χ1) is 11.3. The summed E-state index contributed by atoms with van der Waals surface area (Å²) in [4.78, 5) is 24.1. The van der Waals surface area contributed by atoms with Crippen LogP contribution >= 0.6 is 0 Å². The van der Waals surface area contributed by atoms with Crippen LogP contribution in [-0.4, -0.2) is 37.9 Å². The zero-order chi connectivity index (χ0) is 17.9. The van der Waals surface area contributed by atoms with Crippen molar-refractivity contribution in [2.45, 2.75) is 25.2 Å². The van der Waals surface area contributed by atoms with Gasteiger partial charge in [0.1, 0.15) is 6.04 Å². The summed E-state index contributed by atoms with van der Waals surface area (Å²) < 4.78 is 50.1. The fourth-order valence-corrected chi connectivity index (χ4v) is 3.03. The first-order valence-electron chi connectivity index (χ1n) is 7.43. The molecule has 2 rings (SSSR count). The molecule has 0 aromatic heterocycles. The van der Waals surface area contributed by atoms with Gasteiger partial charge in [0, 0.05) is 6.04 Å². The maximum Gasteiger partial charge on any atom is 0.394 e. The van der Waals surface area contributed by atoms with E-state index in [4.69, 9.17) is 4.74 Å². The second kappa shape index (κ2) is 7.21. The average molecular weight is 345 g/mol. The van der Waals surface area contributed by atoms with Gasteiger partial charge in [0.25, 0.3) is 0 Å². The largest absolute Gasteiger partial charge is 0.468 e. The van der Waals surface area contributed by atoms with Gasteiger partial charge in [0.2, 0.25) is 0 Å². The predicted molar refractivity (Wildman–Crippen MR) is 77.8 cm³/mol. The first-order valence-corrected chi connectivity index (χ1v) is 7.43. The van der Waals surface area contributed by atoms with E-state index in [2.05, 4.69) is 10.1 Å². The molecule has 0 aliphatic carbocycles. The van der Waals surface area contributed by atoms with E-state index in [0.717, 1.165) is 7.11 Å². The van der Waals surface area contributed by atoms with Crippen molar-refractivity contribution in [1.82, 2.24) is 5.32 Å². The van der Waals surface area contributed by atoms with Crippen molar-refractivity contribution in [2.75, 3.05) is 13.7 Å². The van der Waals surface area contributed by atoms with E-state index in [1.54, 1.807) is 30.3 Å². The Kier molecular flexibility index (Phi) is 5.48. The Hall–Kier alpha value is -2.09. The number of carbonyl (C=O) groups is 2. The zero-order valence-electron chi connectivity index (χ0n) is 13.2. The number of ether oxygens (including phenoxy) is 2. The Morgan fingerprint density at radius 2 is 1.79 bits per heavy atom. The zero-order valence-corrected chi connectivity index (χ0v) is 13.2. The molecule has 1 aromatic rings. The average Bonchev–Trinajstić information content (AvgIpc) is 2.96. The summed E-state index contributed by atoms with van der Waals surface area (Å²) in [5, 5.41) is 2.61. The molecule has 132 valence electrons. The third kappa shape index (κ3) is 3.53. The van der Waals surface area contributed by atoms with E-state index in [1.165, 1.54) is 6.92 Å². The lowest BCUT2D eigenvalue weighted by Crippen LogP contribution is -2.45. The van der Waals surface area contributed by atoms with Crippen molar-refractivity contribution in [3.05, 3.63) is 35.9 Å². The molecule has 1 aliphatic heterocycles. The van der Waals surface area contributed by atoms with Crippen LogP contribution in [0.4, 0.5) is 13.2 Å². The van der Waals surface area contributed by atoms with Crippen LogP contribution in [0, 0.1) is 11.8 Å². The lowest BCUT2D eigenvalue weighted by molar-refractivity contribution is -0.200. The molecule has 0 radical (unpaired) electrons. The van der Waals surface area contributed by atoms with Crippen LogP contribution in [0.1, 0.15) is 18.5 Å². The molecular weight excluding hydrogens is 327 g/mol. The summed E-state index contributed by atoms with van der Waals surface area (Å²) in [5.41, 5.74) is 0.469. The number of benzene rings is 1. The number of alkyl halides is 3. The van der Waals surface area contributed by atoms with Crippen molar-refractivity contribution in [3.8, 4) is 0 Å². The van der Waals surface area contributed by atoms with Gasteiger partial charge in [-0.15, -0.1) is 0 Å². The quantitative estimate of drug-likeness (QED) is 0.848. The lowest BCUT2D eigenvalue weighted by atomic mass is 9.84. The van der Waals surface area contributed by atoms with Crippen LogP contribution in [0.15, 0.2) is 30.3 Å². The van der Waals surface area contributed by atoms with Crippen LogP contribution < -0.4 is 5.32 Å². The van der Waals surface area contributed by atoms with Gasteiger partial charge in [-0.3, -0.25) is 14.9 Å². The number of rotatable bonds is 4. The van der Waals surface area contributed by atoms with Gasteiger partial charge in [0.05, 0.1) is 25.6 Å². The van der Waals surface area contributed by atoms with Crippen LogP contribution in [0.25, 0.3) is 0 Å². The number of hydrogen-bond donors (Lipinski definition) is 1. The van der Waals surface area contributed by atoms with E-state index in [0.29, 0.717) is 5.56 Å². The minimum atomic E-state index is -4.77. The van der Waals surface area contributed by atoms with Crippen molar-refractivity contribution in [2.24, 2.45) is 11.8 Å². The Balaban J connectivity index is 2.49. The smallest absolute Gasteiger partial charge is 0.394 e. The summed E-state index contributed by atoms with van der Waals surface area (Å²) in [6.45, 7) is 1.46. The molecular formula is C16H18F3NO4. The van der Waals surface area contributed by atoms with Gasteiger partial charge >= 0.3 is 18.1 Å². The van der Waals surface area contributed by atoms with Crippen molar-refractivity contribution >= 4 is 11.9 Å². The van der Waals surface area contributed by atoms with E-state index in [9.17, 15) is 22.8 Å². The highest BCUT2D eigenvalue weighted by Gasteiger charge is 2.62. The number of hydrogen-bond acceptors (Lipinski definition) is 5. The topological polar surface area (TPSA) is 64.6 Å². The van der Waals surface area contributed by atoms with Crippen molar-refractivity contribution < 1.29 is 32.2 Å². The molecule has 1 fully saturated rings. The van der Waals surface area contributed by atoms with Gasteiger partial charge in [-0.2, -0.15) is 13.2 Å². The molecule has 24 heavy (non-hydrogen) atoms. The fraction of sp³-hybridized carbons (Fsp3) is 0.500. The monoisotopic (exact) mass is 345 g/mol. The number of nitrogens with one attached hydrogen (secondary N) is 1. The summed E-state index contributed by atoms with van der Waals surface area (Å²) in [6.07, 6.45) is -4.77. The first kappa shape index (κ1) is 18.3. The fourth-order valence-electron chi connectivity index (χ4n) is 3.03. The molecule has 0 spiro atoms. The Bertz CT molecular complexity index is 591. The second-order valence-corrected chi connectivity index (χ2v) is 5.40. The summed E-state index contributed by atoms with van der Waals surface area (Å²) >= 11 is 0. The molecule has 0 saturated carbocycles. The van der Waals surface area contributed by atoms with Gasteiger partial charge < -0.3 is 9.47 Å². The third-order valence-corrected chi connectivity index (χ3v) is 4.01. The molecule has 8 heteroatoms. The maximum absolute atomic E-state index is 13.6. The van der Waals surface area contributed by atoms with Crippen molar-refractivity contribution in [3.63, 3.8) is 0 Å². The van der Waals surface area contributed by atoms with E-state index >= 15 is 0 Å². The minimum absolute atomic E-state index is 0.0513. The molecule has 0 unspecified atom stereocenters. The van der Waals surface area contributed by atoms with E-state index in [1.807, 2.05) is 0 Å². The number of carbonyl (C=O) groups excluding carboxylic acids is 2. The molecule has 1 aliphatic rings. The standard InChI is InChI=1S/C16H18F3NO4/c1-3-24-14(21)10-11(16(17,18)19)13(15(22)23-2)20-12(10)9-7-5-4-6-8-9/h4-8,10-13,20H,3H2,1-2H3/t10-,11+,12-,13-/m1/s1. The summed E-state index contributed by atoms with van der Waals surface area (Å²) in [5.74, 6) is -5.86. The highest BCUT2D eigenvalue weighted by Crippen LogP contribution is 2.46. The van der Waals surface area contributed by atoms with Crippen LogP contribution in [0.5, 0.6) is 0 Å². The number of halogens is 3. The number of methoxy groups -OCH3 is 1. The maximum atomic E-state index is 13.6. The minimum Gasteiger partial charge on any atom is -0.468 e. The van der Waals surface area contributed by atoms with E-state index < -0.39 is 42.0 Å². The molecule has 1 saturated heterocycles. The molecule has 5 nitrogen and oxygen atoms in total. The van der Waals surface area contributed by atoms with Gasteiger partial charge in [-0.1, -0.05) is 30.3 Å². The molecule has 0 bridgehead atoms. The van der Waals surface area contributed by atoms with Crippen LogP contribution in [0.3, 0.4) is 0 Å². The second-order valence-electron chi connectivity index (χ2n) is 5.40. The Morgan fingerprint density at radius 1 is 1.17 bits per heavy atom.